The molecule has 1 aromatic carbocycles. The molecule has 1 aliphatic carbocycles. The number of carbonyl (C=O) groups excluding carboxylic acids is 1. The van der Waals surface area contributed by atoms with E-state index >= 15 is 0 Å². The number of hydrogen-bond donors (Lipinski definition) is 0. The van der Waals surface area contributed by atoms with Gasteiger partial charge in [-0.2, -0.15) is 0 Å². The Morgan fingerprint density at radius 1 is 1.12 bits per heavy atom. The van der Waals surface area contributed by atoms with Crippen LogP contribution in [0.25, 0.3) is 0 Å². The Morgan fingerprint density at radius 3 is 2.12 bits per heavy atom. The average Bonchev–Trinajstić information content (AvgIpc) is 2.26. The summed E-state index contributed by atoms with van der Waals surface area (Å²) in [4.78, 5) is 11.1. The van der Waals surface area contributed by atoms with Crippen molar-refractivity contribution in [3.63, 3.8) is 0 Å². The lowest BCUT2D eigenvalue weighted by Crippen LogP contribution is -2.13. The normalized spacial score (nSPS) is 17.8. The molecule has 86 valence electrons. The van der Waals surface area contributed by atoms with E-state index in [9.17, 15) is 13.6 Å². The molecule has 2 rings (SSSR count). The second kappa shape index (κ2) is 4.77. The van der Waals surface area contributed by atoms with Crippen LogP contribution >= 0.6 is 22.6 Å². The molecule has 1 aromatic rings. The van der Waals surface area contributed by atoms with Gasteiger partial charge in [0.25, 0.3) is 0 Å². The Kier molecular flexibility index (Phi) is 3.56. The topological polar surface area (TPSA) is 17.1 Å². The summed E-state index contributed by atoms with van der Waals surface area (Å²) >= 11 is 1.66. The number of ketones is 1. The summed E-state index contributed by atoms with van der Waals surface area (Å²) < 4.78 is 26.7. The fourth-order valence-electron chi connectivity index (χ4n) is 2.08. The van der Waals surface area contributed by atoms with Gasteiger partial charge in [0.1, 0.15) is 17.4 Å². The minimum absolute atomic E-state index is 0.0354. The molecular formula is C12H11F2IO. The molecule has 1 fully saturated rings. The molecular weight excluding hydrogens is 325 g/mol. The minimum Gasteiger partial charge on any atom is -0.300 e. The van der Waals surface area contributed by atoms with Gasteiger partial charge in [-0.1, -0.05) is 0 Å². The summed E-state index contributed by atoms with van der Waals surface area (Å²) in [5.74, 6) is -0.638. The number of halogens is 3. The molecule has 1 saturated carbocycles. The van der Waals surface area contributed by atoms with E-state index in [-0.39, 0.29) is 15.3 Å². The summed E-state index contributed by atoms with van der Waals surface area (Å²) in [5, 5.41) is 0. The Morgan fingerprint density at radius 2 is 1.62 bits per heavy atom. The third-order valence-electron chi connectivity index (χ3n) is 3.02. The second-order valence-corrected chi connectivity index (χ2v) is 5.19. The lowest BCUT2D eigenvalue weighted by atomic mass is 9.83. The molecule has 0 aliphatic heterocycles. The van der Waals surface area contributed by atoms with Crippen molar-refractivity contribution < 1.29 is 13.6 Å². The third kappa shape index (κ3) is 2.42. The summed E-state index contributed by atoms with van der Waals surface area (Å²) in [6.07, 6.45) is 2.47. The Labute approximate surface area is 106 Å². The van der Waals surface area contributed by atoms with Crippen LogP contribution < -0.4 is 0 Å². The highest BCUT2D eigenvalue weighted by atomic mass is 127. The maximum Gasteiger partial charge on any atom is 0.139 e. The molecule has 0 atom stereocenters. The van der Waals surface area contributed by atoms with Crippen LogP contribution in [0.4, 0.5) is 8.78 Å². The third-order valence-corrected chi connectivity index (χ3v) is 4.05. The zero-order valence-electron chi connectivity index (χ0n) is 8.60. The van der Waals surface area contributed by atoms with E-state index in [2.05, 4.69) is 0 Å². The van der Waals surface area contributed by atoms with Gasteiger partial charge in [-0.25, -0.2) is 8.78 Å². The quantitative estimate of drug-likeness (QED) is 0.563. The van der Waals surface area contributed by atoms with E-state index < -0.39 is 11.6 Å². The van der Waals surface area contributed by atoms with Crippen LogP contribution in [-0.4, -0.2) is 5.78 Å². The molecule has 1 aliphatic rings. The van der Waals surface area contributed by atoms with Gasteiger partial charge < -0.3 is 0 Å². The van der Waals surface area contributed by atoms with Crippen LogP contribution in [0.1, 0.15) is 37.2 Å². The SMILES string of the molecule is O=C1CCC(c2cc(F)c(I)c(F)c2)CC1. The van der Waals surface area contributed by atoms with E-state index in [1.807, 2.05) is 0 Å². The molecule has 0 saturated heterocycles. The van der Waals surface area contributed by atoms with E-state index in [0.717, 1.165) is 0 Å². The zero-order valence-corrected chi connectivity index (χ0v) is 10.8. The highest BCUT2D eigenvalue weighted by Crippen LogP contribution is 2.32. The van der Waals surface area contributed by atoms with Crippen LogP contribution in [-0.2, 0) is 4.79 Å². The van der Waals surface area contributed by atoms with Gasteiger partial charge in [0, 0.05) is 12.8 Å². The van der Waals surface area contributed by atoms with Crippen molar-refractivity contribution in [1.82, 2.24) is 0 Å². The predicted molar refractivity (Wildman–Crippen MR) is 65.3 cm³/mol. The maximum absolute atomic E-state index is 13.4. The smallest absolute Gasteiger partial charge is 0.139 e. The van der Waals surface area contributed by atoms with Crippen molar-refractivity contribution in [3.05, 3.63) is 32.9 Å². The molecule has 0 heterocycles. The van der Waals surface area contributed by atoms with Crippen LogP contribution in [0.3, 0.4) is 0 Å². The lowest BCUT2D eigenvalue weighted by molar-refractivity contribution is -0.120. The van der Waals surface area contributed by atoms with Gasteiger partial charge in [0.2, 0.25) is 0 Å². The van der Waals surface area contributed by atoms with E-state index in [0.29, 0.717) is 31.2 Å². The van der Waals surface area contributed by atoms with Crippen molar-refractivity contribution in [3.8, 4) is 0 Å². The van der Waals surface area contributed by atoms with E-state index in [1.54, 1.807) is 22.6 Å². The molecule has 0 bridgehead atoms. The summed E-state index contributed by atoms with van der Waals surface area (Å²) in [5.41, 5.74) is 0.683. The van der Waals surface area contributed by atoms with Crippen molar-refractivity contribution >= 4 is 28.4 Å². The molecule has 0 N–H and O–H groups in total. The van der Waals surface area contributed by atoms with Crippen molar-refractivity contribution in [1.29, 1.82) is 0 Å². The fraction of sp³-hybridized carbons (Fsp3) is 0.417. The van der Waals surface area contributed by atoms with Crippen molar-refractivity contribution in [2.24, 2.45) is 0 Å². The molecule has 0 amide bonds. The van der Waals surface area contributed by atoms with Gasteiger partial charge in [-0.3, -0.25) is 4.79 Å². The first-order chi connectivity index (χ1) is 7.58. The molecule has 0 unspecified atom stereocenters. The van der Waals surface area contributed by atoms with Gasteiger partial charge in [-0.05, 0) is 59.0 Å². The van der Waals surface area contributed by atoms with Gasteiger partial charge in [0.05, 0.1) is 3.57 Å². The van der Waals surface area contributed by atoms with Gasteiger partial charge in [-0.15, -0.1) is 0 Å². The summed E-state index contributed by atoms with van der Waals surface area (Å²) in [6, 6.07) is 2.79. The molecule has 16 heavy (non-hydrogen) atoms. The standard InChI is InChI=1S/C12H11F2IO/c13-10-5-8(6-11(14)12(10)15)7-1-3-9(16)4-2-7/h5-7H,1-4H2. The van der Waals surface area contributed by atoms with Crippen LogP contribution in [0.2, 0.25) is 0 Å². The highest BCUT2D eigenvalue weighted by Gasteiger charge is 2.22. The summed E-state index contributed by atoms with van der Waals surface area (Å²) in [6.45, 7) is 0. The Balaban J connectivity index is 2.24. The van der Waals surface area contributed by atoms with Crippen LogP contribution in [0.15, 0.2) is 12.1 Å². The van der Waals surface area contributed by atoms with Crippen LogP contribution in [0, 0.1) is 15.2 Å². The van der Waals surface area contributed by atoms with Crippen LogP contribution in [0.5, 0.6) is 0 Å². The number of hydrogen-bond acceptors (Lipinski definition) is 1. The van der Waals surface area contributed by atoms with E-state index in [4.69, 9.17) is 0 Å². The maximum atomic E-state index is 13.4. The van der Waals surface area contributed by atoms with Gasteiger partial charge in [0.15, 0.2) is 0 Å². The molecule has 0 radical (unpaired) electrons. The Hall–Kier alpha value is -0.520. The highest BCUT2D eigenvalue weighted by molar-refractivity contribution is 14.1. The number of carbonyl (C=O) groups is 1. The molecule has 0 spiro atoms. The van der Waals surface area contributed by atoms with Crippen molar-refractivity contribution in [2.45, 2.75) is 31.6 Å². The first-order valence-electron chi connectivity index (χ1n) is 5.24. The largest absolute Gasteiger partial charge is 0.300 e. The minimum atomic E-state index is -0.507. The number of benzene rings is 1. The molecule has 0 aromatic heterocycles. The fourth-order valence-corrected chi connectivity index (χ4v) is 2.40. The first-order valence-corrected chi connectivity index (χ1v) is 6.32. The molecule has 4 heteroatoms. The number of Topliss-reactive ketones (excluding diaryl/α,β-unsaturated/α-hetero) is 1. The summed E-state index contributed by atoms with van der Waals surface area (Å²) in [7, 11) is 0. The van der Waals surface area contributed by atoms with Gasteiger partial charge >= 0.3 is 0 Å². The van der Waals surface area contributed by atoms with Crippen molar-refractivity contribution in [2.75, 3.05) is 0 Å². The average molecular weight is 336 g/mol. The predicted octanol–water partition coefficient (Wildman–Crippen LogP) is 3.80. The number of rotatable bonds is 1. The second-order valence-electron chi connectivity index (χ2n) is 4.11. The monoisotopic (exact) mass is 336 g/mol. The zero-order chi connectivity index (χ0) is 11.7. The first kappa shape index (κ1) is 12.0. The lowest BCUT2D eigenvalue weighted by Gasteiger charge is -2.21. The van der Waals surface area contributed by atoms with E-state index in [1.165, 1.54) is 12.1 Å². The Bertz CT molecular complexity index is 398. The molecule has 1 nitrogen and oxygen atoms in total.